The van der Waals surface area contributed by atoms with Crippen LogP contribution in [0.5, 0.6) is 5.75 Å². The van der Waals surface area contributed by atoms with E-state index in [1.807, 2.05) is 31.2 Å². The number of aromatic nitrogens is 1. The summed E-state index contributed by atoms with van der Waals surface area (Å²) in [6, 6.07) is 13.8. The number of aryl methyl sites for hydroxylation is 1. The van der Waals surface area contributed by atoms with E-state index in [0.717, 1.165) is 22.2 Å². The fourth-order valence-electron chi connectivity index (χ4n) is 3.69. The van der Waals surface area contributed by atoms with E-state index >= 15 is 0 Å². The topological polar surface area (TPSA) is 63.4 Å². The van der Waals surface area contributed by atoms with Crippen molar-refractivity contribution in [3.05, 3.63) is 65.6 Å². The molecular formula is C22H23FN2O3. The van der Waals surface area contributed by atoms with Crippen LogP contribution in [0.1, 0.15) is 17.7 Å². The van der Waals surface area contributed by atoms with Crippen molar-refractivity contribution >= 4 is 16.8 Å². The number of aromatic amines is 1. The first-order valence-electron chi connectivity index (χ1n) is 9.45. The second kappa shape index (κ2) is 8.02. The van der Waals surface area contributed by atoms with E-state index in [0.29, 0.717) is 31.8 Å². The van der Waals surface area contributed by atoms with Gasteiger partial charge in [0.25, 0.3) is 0 Å². The summed E-state index contributed by atoms with van der Waals surface area (Å²) >= 11 is 0. The maximum Gasteiger partial charge on any atom is 0.224 e. The van der Waals surface area contributed by atoms with Crippen LogP contribution in [0.25, 0.3) is 10.9 Å². The zero-order valence-corrected chi connectivity index (χ0v) is 15.7. The fraction of sp³-hybridized carbons (Fsp3) is 0.318. The number of ether oxygens (including phenoxy) is 2. The van der Waals surface area contributed by atoms with E-state index in [1.54, 1.807) is 12.1 Å². The third-order valence-corrected chi connectivity index (χ3v) is 5.10. The first-order chi connectivity index (χ1) is 13.6. The van der Waals surface area contributed by atoms with Crippen LogP contribution in [-0.4, -0.2) is 36.3 Å². The summed E-state index contributed by atoms with van der Waals surface area (Å²) in [5, 5.41) is 4.15. The zero-order valence-electron chi connectivity index (χ0n) is 15.7. The van der Waals surface area contributed by atoms with E-state index in [-0.39, 0.29) is 23.9 Å². The average molecular weight is 382 g/mol. The zero-order chi connectivity index (χ0) is 19.5. The second-order valence-corrected chi connectivity index (χ2v) is 7.10. The normalized spacial score (nSPS) is 19.5. The molecule has 5 nitrogen and oxygen atoms in total. The number of H-pyrrole nitrogens is 1. The van der Waals surface area contributed by atoms with Gasteiger partial charge in [0.1, 0.15) is 17.7 Å². The standard InChI is InChI=1S/C22H23FN2O3/c1-14-18(17-7-2-3-8-19(17)24-14)12-22(26)25-20-9-10-27-13-21(20)28-16-6-4-5-15(23)11-16/h2-8,11,20-21,24H,9-10,12-13H2,1H3,(H,25,26). The number of carbonyl (C=O) groups excluding carboxylic acids is 1. The number of fused-ring (bicyclic) bond motifs is 1. The summed E-state index contributed by atoms with van der Waals surface area (Å²) < 4.78 is 24.8. The molecule has 0 aliphatic carbocycles. The number of rotatable bonds is 5. The van der Waals surface area contributed by atoms with Crippen LogP contribution >= 0.6 is 0 Å². The largest absolute Gasteiger partial charge is 0.486 e. The molecule has 2 heterocycles. The Kier molecular flexibility index (Phi) is 5.30. The molecule has 1 aliphatic heterocycles. The van der Waals surface area contributed by atoms with Gasteiger partial charge in [0.05, 0.1) is 19.1 Å². The Morgan fingerprint density at radius 2 is 2.14 bits per heavy atom. The van der Waals surface area contributed by atoms with E-state index in [9.17, 15) is 9.18 Å². The van der Waals surface area contributed by atoms with Crippen molar-refractivity contribution in [3.63, 3.8) is 0 Å². The smallest absolute Gasteiger partial charge is 0.224 e. The molecule has 2 unspecified atom stereocenters. The molecule has 1 saturated heterocycles. The SMILES string of the molecule is Cc1[nH]c2ccccc2c1CC(=O)NC1CCOCC1Oc1cccc(F)c1. The van der Waals surface area contributed by atoms with Crippen LogP contribution in [0.3, 0.4) is 0 Å². The Bertz CT molecular complexity index is 985. The van der Waals surface area contributed by atoms with Gasteiger partial charge in [-0.2, -0.15) is 0 Å². The van der Waals surface area contributed by atoms with Crippen LogP contribution in [0, 0.1) is 12.7 Å². The van der Waals surface area contributed by atoms with Crippen molar-refractivity contribution < 1.29 is 18.7 Å². The van der Waals surface area contributed by atoms with Gasteiger partial charge in [0.2, 0.25) is 5.91 Å². The lowest BCUT2D eigenvalue weighted by molar-refractivity contribution is -0.123. The minimum Gasteiger partial charge on any atom is -0.486 e. The Balaban J connectivity index is 1.45. The third-order valence-electron chi connectivity index (χ3n) is 5.10. The third kappa shape index (κ3) is 4.02. The number of benzene rings is 2. The number of hydrogen-bond acceptors (Lipinski definition) is 3. The molecule has 6 heteroatoms. The number of carbonyl (C=O) groups is 1. The van der Waals surface area contributed by atoms with Gasteiger partial charge < -0.3 is 19.8 Å². The molecule has 0 saturated carbocycles. The predicted octanol–water partition coefficient (Wildman–Crippen LogP) is 3.51. The van der Waals surface area contributed by atoms with E-state index in [2.05, 4.69) is 10.3 Å². The summed E-state index contributed by atoms with van der Waals surface area (Å²) in [6.07, 6.45) is 0.585. The highest BCUT2D eigenvalue weighted by Crippen LogP contribution is 2.23. The van der Waals surface area contributed by atoms with Crippen molar-refractivity contribution in [2.75, 3.05) is 13.2 Å². The molecule has 1 fully saturated rings. The van der Waals surface area contributed by atoms with E-state index in [4.69, 9.17) is 9.47 Å². The van der Waals surface area contributed by atoms with Gasteiger partial charge >= 0.3 is 0 Å². The Morgan fingerprint density at radius 3 is 3.00 bits per heavy atom. The van der Waals surface area contributed by atoms with Crippen molar-refractivity contribution in [1.29, 1.82) is 0 Å². The first kappa shape index (κ1) is 18.5. The highest BCUT2D eigenvalue weighted by Gasteiger charge is 2.29. The van der Waals surface area contributed by atoms with Crippen LogP contribution in [0.15, 0.2) is 48.5 Å². The summed E-state index contributed by atoms with van der Waals surface area (Å²) in [5.74, 6) is 0.0134. The maximum absolute atomic E-state index is 13.4. The number of para-hydroxylation sites is 1. The molecule has 3 aromatic rings. The van der Waals surface area contributed by atoms with Crippen molar-refractivity contribution in [2.45, 2.75) is 31.9 Å². The quantitative estimate of drug-likeness (QED) is 0.710. The predicted molar refractivity (Wildman–Crippen MR) is 105 cm³/mol. The van der Waals surface area contributed by atoms with Crippen molar-refractivity contribution in [2.24, 2.45) is 0 Å². The molecule has 2 N–H and O–H groups in total. The van der Waals surface area contributed by atoms with Crippen LogP contribution < -0.4 is 10.1 Å². The minimum atomic E-state index is -0.358. The van der Waals surface area contributed by atoms with Gasteiger partial charge in [0.15, 0.2) is 0 Å². The molecule has 146 valence electrons. The van der Waals surface area contributed by atoms with Crippen LogP contribution in [-0.2, 0) is 16.0 Å². The molecule has 1 aliphatic rings. The molecule has 0 spiro atoms. The number of halogens is 1. The van der Waals surface area contributed by atoms with Gasteiger partial charge in [-0.1, -0.05) is 24.3 Å². The van der Waals surface area contributed by atoms with Gasteiger partial charge in [-0.3, -0.25) is 4.79 Å². The summed E-state index contributed by atoms with van der Waals surface area (Å²) in [4.78, 5) is 16.1. The first-order valence-corrected chi connectivity index (χ1v) is 9.45. The monoisotopic (exact) mass is 382 g/mol. The summed E-state index contributed by atoms with van der Waals surface area (Å²) in [7, 11) is 0. The van der Waals surface area contributed by atoms with Crippen LogP contribution in [0.4, 0.5) is 4.39 Å². The lowest BCUT2D eigenvalue weighted by Crippen LogP contribution is -2.51. The Labute approximate surface area is 162 Å². The second-order valence-electron chi connectivity index (χ2n) is 7.10. The fourth-order valence-corrected chi connectivity index (χ4v) is 3.69. The van der Waals surface area contributed by atoms with Gasteiger partial charge in [0, 0.05) is 29.3 Å². The summed E-state index contributed by atoms with van der Waals surface area (Å²) in [6.45, 7) is 2.89. The Hall–Kier alpha value is -2.86. The highest BCUT2D eigenvalue weighted by atomic mass is 19.1. The summed E-state index contributed by atoms with van der Waals surface area (Å²) in [5.41, 5.74) is 3.03. The molecule has 0 bridgehead atoms. The molecule has 28 heavy (non-hydrogen) atoms. The molecular weight excluding hydrogens is 359 g/mol. The molecule has 1 aromatic heterocycles. The van der Waals surface area contributed by atoms with E-state index in [1.165, 1.54) is 12.1 Å². The van der Waals surface area contributed by atoms with Crippen molar-refractivity contribution in [3.8, 4) is 5.75 Å². The molecule has 0 radical (unpaired) electrons. The molecule has 1 amide bonds. The number of nitrogens with one attached hydrogen (secondary N) is 2. The van der Waals surface area contributed by atoms with Gasteiger partial charge in [-0.25, -0.2) is 4.39 Å². The number of hydrogen-bond donors (Lipinski definition) is 2. The highest BCUT2D eigenvalue weighted by molar-refractivity contribution is 5.90. The maximum atomic E-state index is 13.4. The molecule has 2 atom stereocenters. The average Bonchev–Trinajstić information content (AvgIpc) is 2.99. The van der Waals surface area contributed by atoms with Gasteiger partial charge in [-0.05, 0) is 37.1 Å². The van der Waals surface area contributed by atoms with Crippen molar-refractivity contribution in [1.82, 2.24) is 10.3 Å². The van der Waals surface area contributed by atoms with E-state index < -0.39 is 0 Å². The lowest BCUT2D eigenvalue weighted by Gasteiger charge is -2.32. The minimum absolute atomic E-state index is 0.0624. The molecule has 2 aromatic carbocycles. The lowest BCUT2D eigenvalue weighted by atomic mass is 10.0. The molecule has 4 rings (SSSR count). The number of amides is 1. The van der Waals surface area contributed by atoms with Crippen LogP contribution in [0.2, 0.25) is 0 Å². The van der Waals surface area contributed by atoms with Gasteiger partial charge in [-0.15, -0.1) is 0 Å². The Morgan fingerprint density at radius 1 is 1.29 bits per heavy atom.